The molecule has 1 aliphatic rings. The molecule has 1 aliphatic carbocycles. The first-order valence-electron chi connectivity index (χ1n) is 13.5. The smallest absolute Gasteiger partial charge is 0.345 e. The van der Waals surface area contributed by atoms with Crippen LogP contribution in [0.2, 0.25) is 0 Å². The summed E-state index contributed by atoms with van der Waals surface area (Å²) in [7, 11) is 0. The second-order valence-corrected chi connectivity index (χ2v) is 10.2. The largest absolute Gasteiger partial charge is 0.479 e. The summed E-state index contributed by atoms with van der Waals surface area (Å²) in [6.45, 7) is 3.88. The Morgan fingerprint density at radius 1 is 0.698 bits per heavy atom. The second kappa shape index (κ2) is 10.1. The highest BCUT2D eigenvalue weighted by Gasteiger charge is 2.30. The Labute approximate surface area is 244 Å². The minimum atomic E-state index is -0.464. The summed E-state index contributed by atoms with van der Waals surface area (Å²) in [6.07, 6.45) is 0. The Kier molecular flexibility index (Phi) is 6.05. The van der Waals surface area contributed by atoms with E-state index in [1.165, 1.54) is 0 Å². The Balaban J connectivity index is 1.18. The second-order valence-electron chi connectivity index (χ2n) is 10.2. The van der Waals surface area contributed by atoms with E-state index in [9.17, 15) is 14.7 Å². The van der Waals surface area contributed by atoms with Crippen molar-refractivity contribution in [2.45, 2.75) is 13.8 Å². The monoisotopic (exact) mass is 568 g/mol. The topological polar surface area (TPSA) is 158 Å². The van der Waals surface area contributed by atoms with Gasteiger partial charge in [-0.25, -0.2) is 4.79 Å². The molecule has 210 valence electrons. The molecule has 2 aromatic heterocycles. The molecule has 0 radical (unpaired) electrons. The van der Waals surface area contributed by atoms with E-state index in [0.717, 1.165) is 22.5 Å². The molecule has 4 aromatic carbocycles. The number of carbonyl (C=O) groups excluding carboxylic acids is 1. The highest BCUT2D eigenvalue weighted by Crippen LogP contribution is 2.41. The van der Waals surface area contributed by atoms with E-state index in [1.54, 1.807) is 12.1 Å². The van der Waals surface area contributed by atoms with Gasteiger partial charge in [0.15, 0.2) is 5.78 Å². The van der Waals surface area contributed by atoms with Crippen LogP contribution < -0.4 is 21.6 Å². The lowest BCUT2D eigenvalue weighted by atomic mass is 9.85. The number of benzene rings is 4. The van der Waals surface area contributed by atoms with Gasteiger partial charge in [-0.3, -0.25) is 4.79 Å². The molecular formula is C32H24N8O3. The molecule has 0 fully saturated rings. The fourth-order valence-electron chi connectivity index (χ4n) is 5.22. The summed E-state index contributed by atoms with van der Waals surface area (Å²) in [5.41, 5.74) is 6.92. The van der Waals surface area contributed by atoms with Crippen LogP contribution in [0.4, 0.5) is 34.6 Å². The number of hydrogen-bond acceptors (Lipinski definition) is 10. The fraction of sp³-hybridized carbons (Fsp3) is 0.0625. The number of aromatic nitrogens is 5. The number of rotatable bonds is 6. The average Bonchev–Trinajstić information content (AvgIpc) is 2.99. The van der Waals surface area contributed by atoms with Gasteiger partial charge < -0.3 is 26.0 Å². The van der Waals surface area contributed by atoms with Crippen LogP contribution >= 0.6 is 0 Å². The Morgan fingerprint density at radius 2 is 1.28 bits per heavy atom. The number of hydrogen-bond donors (Lipinski definition) is 5. The molecule has 5 N–H and O–H groups in total. The number of nitrogens with zero attached hydrogens (tertiary/aromatic N) is 4. The van der Waals surface area contributed by atoms with Crippen LogP contribution in [0, 0.1) is 13.8 Å². The first kappa shape index (κ1) is 25.8. The summed E-state index contributed by atoms with van der Waals surface area (Å²) in [6, 6.07) is 23.6. The van der Waals surface area contributed by atoms with Crippen molar-refractivity contribution in [3.05, 3.63) is 112 Å². The Morgan fingerprint density at radius 3 is 1.93 bits per heavy atom. The highest BCUT2D eigenvalue weighted by atomic mass is 16.3. The van der Waals surface area contributed by atoms with Crippen LogP contribution in [-0.4, -0.2) is 35.8 Å². The maximum absolute atomic E-state index is 13.7. The third kappa shape index (κ3) is 4.78. The SMILES string of the molecule is Cc1ccc(Nc2nc(O)nc(Nc3ccc(Nc4cc(C)c5[nH]c(=O)nc6c5c4C(=O)c4ccccc4-6)cc3)n2)cc1. The maximum Gasteiger partial charge on any atom is 0.345 e. The van der Waals surface area contributed by atoms with Crippen molar-refractivity contribution >= 4 is 51.3 Å². The fourth-order valence-corrected chi connectivity index (χ4v) is 5.22. The first-order chi connectivity index (χ1) is 20.8. The number of carbonyl (C=O) groups is 1. The third-order valence-electron chi connectivity index (χ3n) is 7.21. The molecule has 7 rings (SSSR count). The lowest BCUT2D eigenvalue weighted by molar-refractivity contribution is 0.104. The number of anilines is 6. The summed E-state index contributed by atoms with van der Waals surface area (Å²) < 4.78 is 0. The van der Waals surface area contributed by atoms with Gasteiger partial charge >= 0.3 is 11.7 Å². The summed E-state index contributed by atoms with van der Waals surface area (Å²) in [5, 5.41) is 20.2. The zero-order valence-electron chi connectivity index (χ0n) is 23.1. The molecule has 0 spiro atoms. The molecule has 0 atom stereocenters. The number of aromatic hydroxyl groups is 1. The molecule has 0 bridgehead atoms. The number of ketones is 1. The van der Waals surface area contributed by atoms with E-state index in [4.69, 9.17) is 0 Å². The van der Waals surface area contributed by atoms with Crippen LogP contribution in [0.1, 0.15) is 27.0 Å². The zero-order chi connectivity index (χ0) is 29.7. The van der Waals surface area contributed by atoms with Gasteiger partial charge in [-0.1, -0.05) is 42.0 Å². The number of aryl methyl sites for hydroxylation is 2. The number of H-pyrrole nitrogens is 1. The molecule has 11 heteroatoms. The lowest BCUT2D eigenvalue weighted by Gasteiger charge is -2.22. The van der Waals surface area contributed by atoms with Gasteiger partial charge in [0.1, 0.15) is 0 Å². The van der Waals surface area contributed by atoms with Gasteiger partial charge in [0.05, 0.1) is 22.5 Å². The van der Waals surface area contributed by atoms with Crippen molar-refractivity contribution in [3.63, 3.8) is 0 Å². The van der Waals surface area contributed by atoms with Gasteiger partial charge in [0, 0.05) is 33.6 Å². The van der Waals surface area contributed by atoms with Gasteiger partial charge in [-0.05, 0) is 61.9 Å². The molecular weight excluding hydrogens is 544 g/mol. The lowest BCUT2D eigenvalue weighted by Crippen LogP contribution is -2.19. The van der Waals surface area contributed by atoms with Gasteiger partial charge in [-0.2, -0.15) is 19.9 Å². The highest BCUT2D eigenvalue weighted by molar-refractivity contribution is 6.27. The van der Waals surface area contributed by atoms with Crippen molar-refractivity contribution in [3.8, 4) is 17.3 Å². The molecule has 0 amide bonds. The van der Waals surface area contributed by atoms with Crippen LogP contribution in [0.25, 0.3) is 22.2 Å². The number of nitrogens with one attached hydrogen (secondary N) is 4. The summed E-state index contributed by atoms with van der Waals surface area (Å²) in [4.78, 5) is 45.5. The Hall–Kier alpha value is -6.10. The standard InChI is InChI=1S/C32H24N8O3/c1-16-7-9-19(10-8-16)34-29-38-30(40-32(43)39-29)35-20-13-11-18(12-14-20)33-23-15-17(2)26-25-24(23)28(41)22-6-4-3-5-21(22)27(25)37-31(42)36-26/h3-15,33H,1-2H3,(H,36,37,42)(H3,34,35,38,39,40,43). The van der Waals surface area contributed by atoms with E-state index in [2.05, 4.69) is 40.9 Å². The van der Waals surface area contributed by atoms with E-state index in [-0.39, 0.29) is 17.7 Å². The van der Waals surface area contributed by atoms with Gasteiger partial charge in [-0.15, -0.1) is 0 Å². The first-order valence-corrected chi connectivity index (χ1v) is 13.5. The minimum Gasteiger partial charge on any atom is -0.479 e. The number of aromatic amines is 1. The van der Waals surface area contributed by atoms with E-state index >= 15 is 0 Å². The van der Waals surface area contributed by atoms with E-state index in [1.807, 2.05) is 80.6 Å². The molecule has 0 aliphatic heterocycles. The van der Waals surface area contributed by atoms with Crippen LogP contribution in [0.15, 0.2) is 83.7 Å². The third-order valence-corrected chi connectivity index (χ3v) is 7.21. The Bertz CT molecular complexity index is 2120. The predicted molar refractivity (Wildman–Crippen MR) is 165 cm³/mol. The molecule has 11 nitrogen and oxygen atoms in total. The molecule has 6 aromatic rings. The van der Waals surface area contributed by atoms with Crippen molar-refractivity contribution in [1.29, 1.82) is 0 Å². The quantitative estimate of drug-likeness (QED) is 0.164. The minimum absolute atomic E-state index is 0.146. The van der Waals surface area contributed by atoms with Gasteiger partial charge in [0.2, 0.25) is 11.9 Å². The van der Waals surface area contributed by atoms with Crippen molar-refractivity contribution in [1.82, 2.24) is 24.9 Å². The number of fused-ring (bicyclic) bond motifs is 2. The maximum atomic E-state index is 13.7. The summed E-state index contributed by atoms with van der Waals surface area (Å²) in [5.74, 6) is 0.211. The summed E-state index contributed by atoms with van der Waals surface area (Å²) >= 11 is 0. The van der Waals surface area contributed by atoms with Crippen molar-refractivity contribution in [2.24, 2.45) is 0 Å². The van der Waals surface area contributed by atoms with Crippen LogP contribution in [0.3, 0.4) is 0 Å². The van der Waals surface area contributed by atoms with Crippen molar-refractivity contribution < 1.29 is 9.90 Å². The normalized spacial score (nSPS) is 11.7. The molecule has 0 saturated carbocycles. The molecule has 2 heterocycles. The zero-order valence-corrected chi connectivity index (χ0v) is 23.1. The molecule has 0 saturated heterocycles. The van der Waals surface area contributed by atoms with E-state index in [0.29, 0.717) is 44.7 Å². The van der Waals surface area contributed by atoms with Crippen LogP contribution in [-0.2, 0) is 0 Å². The predicted octanol–water partition coefficient (Wildman–Crippen LogP) is 5.87. The van der Waals surface area contributed by atoms with E-state index < -0.39 is 11.7 Å². The van der Waals surface area contributed by atoms with Crippen LogP contribution in [0.5, 0.6) is 6.01 Å². The van der Waals surface area contributed by atoms with Gasteiger partial charge in [0.25, 0.3) is 0 Å². The average molecular weight is 569 g/mol. The molecule has 0 unspecified atom stereocenters. The van der Waals surface area contributed by atoms with Crippen molar-refractivity contribution in [2.75, 3.05) is 16.0 Å². The molecule has 43 heavy (non-hydrogen) atoms.